The second kappa shape index (κ2) is 6.17. The molecule has 1 fully saturated rings. The van der Waals surface area contributed by atoms with E-state index in [1.54, 1.807) is 0 Å². The van der Waals surface area contributed by atoms with Crippen molar-refractivity contribution in [2.75, 3.05) is 20.3 Å². The molecule has 0 amide bonds. The van der Waals surface area contributed by atoms with E-state index >= 15 is 0 Å². The minimum Gasteiger partial charge on any atom is -0.486 e. The first-order chi connectivity index (χ1) is 10.1. The molecule has 1 atom stereocenters. The highest BCUT2D eigenvalue weighted by Gasteiger charge is 2.37. The monoisotopic (exact) mass is 353 g/mol. The van der Waals surface area contributed by atoms with Gasteiger partial charge in [-0.05, 0) is 43.0 Å². The number of hydrogen-bond acceptors (Lipinski definition) is 3. The van der Waals surface area contributed by atoms with Gasteiger partial charge in [0.1, 0.15) is 13.2 Å². The molecular weight excluding hydrogens is 330 g/mol. The molecule has 3 nitrogen and oxygen atoms in total. The molecule has 4 heteroatoms. The third-order valence-electron chi connectivity index (χ3n) is 4.95. The number of nitrogens with one attached hydrogen (secondary N) is 1. The van der Waals surface area contributed by atoms with Crippen molar-refractivity contribution in [2.24, 2.45) is 5.41 Å². The molecule has 0 saturated heterocycles. The summed E-state index contributed by atoms with van der Waals surface area (Å²) in [6.45, 7) is 3.68. The molecule has 0 radical (unpaired) electrons. The highest BCUT2D eigenvalue weighted by Crippen LogP contribution is 2.49. The predicted molar refractivity (Wildman–Crippen MR) is 88.1 cm³/mol. The summed E-state index contributed by atoms with van der Waals surface area (Å²) >= 11 is 3.73. The molecule has 1 aromatic carbocycles. The predicted octanol–water partition coefficient (Wildman–Crippen LogP) is 4.45. The highest BCUT2D eigenvalue weighted by molar-refractivity contribution is 9.10. The number of fused-ring (bicyclic) bond motifs is 1. The van der Waals surface area contributed by atoms with Crippen LogP contribution in [0.4, 0.5) is 0 Å². The largest absolute Gasteiger partial charge is 0.486 e. The Hall–Kier alpha value is -0.740. The molecule has 1 N–H and O–H groups in total. The van der Waals surface area contributed by atoms with Crippen molar-refractivity contribution < 1.29 is 9.47 Å². The fourth-order valence-electron chi connectivity index (χ4n) is 3.83. The topological polar surface area (TPSA) is 30.5 Å². The van der Waals surface area contributed by atoms with Gasteiger partial charge in [-0.25, -0.2) is 0 Å². The summed E-state index contributed by atoms with van der Waals surface area (Å²) in [7, 11) is 2.06. The molecule has 1 aromatic rings. The summed E-state index contributed by atoms with van der Waals surface area (Å²) < 4.78 is 12.5. The molecule has 0 spiro atoms. The molecule has 2 aliphatic rings. The van der Waals surface area contributed by atoms with Crippen LogP contribution in [-0.4, -0.2) is 20.3 Å². The van der Waals surface area contributed by atoms with Crippen LogP contribution in [0.15, 0.2) is 16.6 Å². The van der Waals surface area contributed by atoms with E-state index in [1.165, 1.54) is 37.7 Å². The summed E-state index contributed by atoms with van der Waals surface area (Å²) in [5.41, 5.74) is 1.59. The van der Waals surface area contributed by atoms with E-state index in [4.69, 9.17) is 9.47 Å². The molecule has 0 bridgehead atoms. The maximum Gasteiger partial charge on any atom is 0.162 e. The van der Waals surface area contributed by atoms with Gasteiger partial charge in [-0.3, -0.25) is 0 Å². The lowest BCUT2D eigenvalue weighted by molar-refractivity contribution is 0.147. The molecular formula is C17H24BrNO2. The Bertz CT molecular complexity index is 512. The minimum absolute atomic E-state index is 0.305. The number of benzene rings is 1. The first kappa shape index (κ1) is 15.2. The van der Waals surface area contributed by atoms with Gasteiger partial charge in [0.15, 0.2) is 11.5 Å². The second-order valence-corrected chi connectivity index (χ2v) is 7.31. The van der Waals surface area contributed by atoms with E-state index in [1.807, 2.05) is 0 Å². The fraction of sp³-hybridized carbons (Fsp3) is 0.647. The van der Waals surface area contributed by atoms with E-state index in [2.05, 4.69) is 47.4 Å². The van der Waals surface area contributed by atoms with Crippen molar-refractivity contribution in [1.82, 2.24) is 5.32 Å². The van der Waals surface area contributed by atoms with Crippen LogP contribution in [0.2, 0.25) is 0 Å². The van der Waals surface area contributed by atoms with Crippen LogP contribution in [0.5, 0.6) is 11.5 Å². The number of ether oxygens (including phenoxy) is 2. The van der Waals surface area contributed by atoms with Crippen molar-refractivity contribution in [2.45, 2.75) is 45.1 Å². The van der Waals surface area contributed by atoms with E-state index in [0.717, 1.165) is 16.0 Å². The maximum atomic E-state index is 5.76. The lowest BCUT2D eigenvalue weighted by Gasteiger charge is -2.41. The molecule has 1 aliphatic carbocycles. The van der Waals surface area contributed by atoms with Gasteiger partial charge < -0.3 is 14.8 Å². The summed E-state index contributed by atoms with van der Waals surface area (Å²) in [4.78, 5) is 0. The first-order valence-electron chi connectivity index (χ1n) is 7.90. The van der Waals surface area contributed by atoms with Crippen LogP contribution in [0.1, 0.15) is 50.6 Å². The SMILES string of the molecule is CNC(c1cc2c(cc1Br)OCCO2)C1(C)CCCCC1. The Morgan fingerprint density at radius 3 is 2.33 bits per heavy atom. The zero-order valence-electron chi connectivity index (χ0n) is 12.9. The molecule has 3 rings (SSSR count). The van der Waals surface area contributed by atoms with Crippen molar-refractivity contribution in [3.8, 4) is 11.5 Å². The van der Waals surface area contributed by atoms with Crippen molar-refractivity contribution >= 4 is 15.9 Å². The van der Waals surface area contributed by atoms with Crippen molar-refractivity contribution in [3.05, 3.63) is 22.2 Å². The van der Waals surface area contributed by atoms with E-state index in [9.17, 15) is 0 Å². The van der Waals surface area contributed by atoms with Gasteiger partial charge in [0, 0.05) is 10.5 Å². The number of halogens is 1. The fourth-order valence-corrected chi connectivity index (χ4v) is 4.38. The summed E-state index contributed by atoms with van der Waals surface area (Å²) in [5, 5.41) is 3.55. The van der Waals surface area contributed by atoms with Crippen molar-refractivity contribution in [1.29, 1.82) is 0 Å². The molecule has 1 unspecified atom stereocenters. The Morgan fingerprint density at radius 2 is 1.71 bits per heavy atom. The van der Waals surface area contributed by atoms with E-state index < -0.39 is 0 Å². The Kier molecular flexibility index (Phi) is 4.46. The third kappa shape index (κ3) is 2.93. The molecule has 0 aromatic heterocycles. The summed E-state index contributed by atoms with van der Waals surface area (Å²) in [6.07, 6.45) is 6.58. The summed E-state index contributed by atoms with van der Waals surface area (Å²) in [5.74, 6) is 1.72. The molecule has 1 saturated carbocycles. The van der Waals surface area contributed by atoms with E-state index in [-0.39, 0.29) is 0 Å². The van der Waals surface area contributed by atoms with Gasteiger partial charge in [0.2, 0.25) is 0 Å². The van der Waals surface area contributed by atoms with Crippen LogP contribution < -0.4 is 14.8 Å². The normalized spacial score (nSPS) is 21.9. The molecule has 1 heterocycles. The Morgan fingerprint density at radius 1 is 1.10 bits per heavy atom. The molecule has 116 valence electrons. The van der Waals surface area contributed by atoms with Gasteiger partial charge in [-0.1, -0.05) is 42.1 Å². The van der Waals surface area contributed by atoms with Crippen LogP contribution in [0, 0.1) is 5.41 Å². The number of rotatable bonds is 3. The highest BCUT2D eigenvalue weighted by atomic mass is 79.9. The lowest BCUT2D eigenvalue weighted by atomic mass is 9.68. The Labute approximate surface area is 135 Å². The van der Waals surface area contributed by atoms with Crippen LogP contribution >= 0.6 is 15.9 Å². The third-order valence-corrected chi connectivity index (χ3v) is 5.64. The van der Waals surface area contributed by atoms with Gasteiger partial charge >= 0.3 is 0 Å². The Balaban J connectivity index is 1.96. The lowest BCUT2D eigenvalue weighted by Crippen LogP contribution is -2.36. The van der Waals surface area contributed by atoms with Gasteiger partial charge in [-0.15, -0.1) is 0 Å². The van der Waals surface area contributed by atoms with Gasteiger partial charge in [0.25, 0.3) is 0 Å². The molecule has 1 aliphatic heterocycles. The molecule has 21 heavy (non-hydrogen) atoms. The van der Waals surface area contributed by atoms with E-state index in [0.29, 0.717) is 24.7 Å². The zero-order chi connectivity index (χ0) is 14.9. The van der Waals surface area contributed by atoms with Crippen LogP contribution in [0.3, 0.4) is 0 Å². The summed E-state index contributed by atoms with van der Waals surface area (Å²) in [6, 6.07) is 4.54. The standard InChI is InChI=1S/C17H24BrNO2/c1-17(6-4-3-5-7-17)16(19-2)12-10-14-15(11-13(12)18)21-9-8-20-14/h10-11,16,19H,3-9H2,1-2H3. The van der Waals surface area contributed by atoms with Crippen molar-refractivity contribution in [3.63, 3.8) is 0 Å². The van der Waals surface area contributed by atoms with Gasteiger partial charge in [-0.2, -0.15) is 0 Å². The second-order valence-electron chi connectivity index (χ2n) is 6.45. The number of hydrogen-bond donors (Lipinski definition) is 1. The minimum atomic E-state index is 0.305. The zero-order valence-corrected chi connectivity index (χ0v) is 14.5. The average Bonchev–Trinajstić information content (AvgIpc) is 2.49. The van der Waals surface area contributed by atoms with Gasteiger partial charge in [0.05, 0.1) is 0 Å². The quantitative estimate of drug-likeness (QED) is 0.870. The average molecular weight is 354 g/mol. The maximum absolute atomic E-state index is 5.76. The smallest absolute Gasteiger partial charge is 0.162 e. The first-order valence-corrected chi connectivity index (χ1v) is 8.70. The van der Waals surface area contributed by atoms with Crippen LogP contribution in [-0.2, 0) is 0 Å². The van der Waals surface area contributed by atoms with Crippen LogP contribution in [0.25, 0.3) is 0 Å².